The summed E-state index contributed by atoms with van der Waals surface area (Å²) in [4.78, 5) is 16.5. The quantitative estimate of drug-likeness (QED) is 0.578. The van der Waals surface area contributed by atoms with Gasteiger partial charge in [0.25, 0.3) is 0 Å². The summed E-state index contributed by atoms with van der Waals surface area (Å²) in [6, 6.07) is 19.2. The van der Waals surface area contributed by atoms with Crippen LogP contribution in [0.2, 0.25) is 0 Å². The molecule has 1 heterocycles. The Morgan fingerprint density at radius 3 is 2.26 bits per heavy atom. The summed E-state index contributed by atoms with van der Waals surface area (Å²) < 4.78 is 6.07. The highest BCUT2D eigenvalue weighted by Crippen LogP contribution is 2.44. The molecule has 168 valence electrons. The summed E-state index contributed by atoms with van der Waals surface area (Å²) in [6.07, 6.45) is 4.04. The Hall–Kier alpha value is -2.33. The lowest BCUT2D eigenvalue weighted by atomic mass is 9.68. The van der Waals surface area contributed by atoms with Gasteiger partial charge in [0.1, 0.15) is 0 Å². The third-order valence-corrected chi connectivity index (χ3v) is 6.53. The van der Waals surface area contributed by atoms with Crippen LogP contribution in [-0.4, -0.2) is 43.7 Å². The second-order valence-corrected chi connectivity index (χ2v) is 9.95. The summed E-state index contributed by atoms with van der Waals surface area (Å²) >= 11 is 0. The molecule has 0 saturated carbocycles. The largest absolute Gasteiger partial charge is 0.378 e. The van der Waals surface area contributed by atoms with E-state index in [1.165, 1.54) is 16.8 Å². The zero-order chi connectivity index (χ0) is 22.5. The van der Waals surface area contributed by atoms with Crippen molar-refractivity contribution in [1.29, 1.82) is 0 Å². The van der Waals surface area contributed by atoms with E-state index in [-0.39, 0.29) is 16.9 Å². The molecule has 4 heteroatoms. The van der Waals surface area contributed by atoms with E-state index in [0.717, 1.165) is 38.8 Å². The SMILES string of the molecule is CC(=O)N(CCC1(Cc2ccc(N(C)C)cc2)CCOC(C)(C)C1)Cc1ccccc1. The zero-order valence-corrected chi connectivity index (χ0v) is 19.9. The van der Waals surface area contributed by atoms with Gasteiger partial charge in [-0.15, -0.1) is 0 Å². The fourth-order valence-electron chi connectivity index (χ4n) is 4.91. The summed E-state index contributed by atoms with van der Waals surface area (Å²) in [7, 11) is 4.14. The molecule has 1 aliphatic heterocycles. The normalized spacial score (nSPS) is 20.3. The number of carbonyl (C=O) groups is 1. The summed E-state index contributed by atoms with van der Waals surface area (Å²) in [5.41, 5.74) is 3.75. The average Bonchev–Trinajstić information content (AvgIpc) is 2.71. The molecule has 1 atom stereocenters. The molecule has 1 amide bonds. The number of hydrogen-bond donors (Lipinski definition) is 0. The fourth-order valence-corrected chi connectivity index (χ4v) is 4.91. The van der Waals surface area contributed by atoms with E-state index < -0.39 is 0 Å². The standard InChI is InChI=1S/C27H38N2O2/c1-22(30)29(20-24-9-7-6-8-10-24)17-15-27(16-18-31-26(2,3)21-27)19-23-11-13-25(14-12-23)28(4)5/h6-14H,15-21H2,1-5H3. The summed E-state index contributed by atoms with van der Waals surface area (Å²) in [5.74, 6) is 0.139. The van der Waals surface area contributed by atoms with E-state index in [9.17, 15) is 4.79 Å². The number of carbonyl (C=O) groups excluding carboxylic acids is 1. The van der Waals surface area contributed by atoms with Crippen molar-refractivity contribution in [2.75, 3.05) is 32.1 Å². The molecule has 1 fully saturated rings. The highest BCUT2D eigenvalue weighted by atomic mass is 16.5. The molecule has 0 N–H and O–H groups in total. The van der Waals surface area contributed by atoms with Crippen LogP contribution in [0.1, 0.15) is 51.2 Å². The second-order valence-electron chi connectivity index (χ2n) is 9.95. The second kappa shape index (κ2) is 9.86. The number of anilines is 1. The fraction of sp³-hybridized carbons (Fsp3) is 0.519. The van der Waals surface area contributed by atoms with Crippen molar-refractivity contribution < 1.29 is 9.53 Å². The van der Waals surface area contributed by atoms with Gasteiger partial charge in [0.2, 0.25) is 5.91 Å². The van der Waals surface area contributed by atoms with Crippen molar-refractivity contribution >= 4 is 11.6 Å². The van der Waals surface area contributed by atoms with Crippen LogP contribution in [0, 0.1) is 5.41 Å². The minimum Gasteiger partial charge on any atom is -0.378 e. The Kier molecular flexibility index (Phi) is 7.42. The van der Waals surface area contributed by atoms with E-state index in [4.69, 9.17) is 4.74 Å². The average molecular weight is 423 g/mol. The van der Waals surface area contributed by atoms with Crippen molar-refractivity contribution in [1.82, 2.24) is 4.90 Å². The highest BCUT2D eigenvalue weighted by Gasteiger charge is 2.41. The maximum absolute atomic E-state index is 12.4. The van der Waals surface area contributed by atoms with Crippen LogP contribution < -0.4 is 4.90 Å². The van der Waals surface area contributed by atoms with Crippen molar-refractivity contribution in [3.05, 3.63) is 65.7 Å². The van der Waals surface area contributed by atoms with E-state index in [1.807, 2.05) is 23.1 Å². The molecule has 0 bridgehead atoms. The monoisotopic (exact) mass is 422 g/mol. The molecular formula is C27H38N2O2. The number of ether oxygens (including phenoxy) is 1. The van der Waals surface area contributed by atoms with Gasteiger partial charge in [0.15, 0.2) is 0 Å². The van der Waals surface area contributed by atoms with Gasteiger partial charge in [-0.2, -0.15) is 0 Å². The number of benzene rings is 2. The van der Waals surface area contributed by atoms with Crippen LogP contribution in [0.4, 0.5) is 5.69 Å². The van der Waals surface area contributed by atoms with Crippen molar-refractivity contribution in [3.8, 4) is 0 Å². The number of rotatable bonds is 8. The Balaban J connectivity index is 1.77. The topological polar surface area (TPSA) is 32.8 Å². The predicted octanol–water partition coefficient (Wildman–Crippen LogP) is 5.31. The molecule has 1 unspecified atom stereocenters. The van der Waals surface area contributed by atoms with Gasteiger partial charge in [0.05, 0.1) is 5.60 Å². The third kappa shape index (κ3) is 6.57. The lowest BCUT2D eigenvalue weighted by Gasteiger charge is -2.46. The van der Waals surface area contributed by atoms with Gasteiger partial charge in [0, 0.05) is 46.4 Å². The molecular weight excluding hydrogens is 384 g/mol. The van der Waals surface area contributed by atoms with E-state index >= 15 is 0 Å². The Morgan fingerprint density at radius 2 is 1.68 bits per heavy atom. The van der Waals surface area contributed by atoms with Crippen LogP contribution >= 0.6 is 0 Å². The maximum Gasteiger partial charge on any atom is 0.219 e. The number of nitrogens with zero attached hydrogens (tertiary/aromatic N) is 2. The van der Waals surface area contributed by atoms with Gasteiger partial charge >= 0.3 is 0 Å². The third-order valence-electron chi connectivity index (χ3n) is 6.53. The van der Waals surface area contributed by atoms with E-state index in [2.05, 4.69) is 69.2 Å². The Morgan fingerprint density at radius 1 is 1.00 bits per heavy atom. The maximum atomic E-state index is 12.4. The van der Waals surface area contributed by atoms with Gasteiger partial charge in [-0.1, -0.05) is 42.5 Å². The number of hydrogen-bond acceptors (Lipinski definition) is 3. The van der Waals surface area contributed by atoms with Gasteiger partial charge in [-0.25, -0.2) is 0 Å². The molecule has 2 aromatic carbocycles. The molecule has 3 rings (SSSR count). The zero-order valence-electron chi connectivity index (χ0n) is 19.9. The van der Waals surface area contributed by atoms with E-state index in [0.29, 0.717) is 6.54 Å². The smallest absolute Gasteiger partial charge is 0.219 e. The van der Waals surface area contributed by atoms with Crippen LogP contribution in [0.3, 0.4) is 0 Å². The lowest BCUT2D eigenvalue weighted by Crippen LogP contribution is -2.44. The van der Waals surface area contributed by atoms with E-state index in [1.54, 1.807) is 6.92 Å². The predicted molar refractivity (Wildman–Crippen MR) is 128 cm³/mol. The minimum atomic E-state index is -0.137. The first-order valence-corrected chi connectivity index (χ1v) is 11.4. The van der Waals surface area contributed by atoms with Crippen LogP contribution in [0.15, 0.2) is 54.6 Å². The molecule has 0 spiro atoms. The first-order valence-electron chi connectivity index (χ1n) is 11.4. The van der Waals surface area contributed by atoms with Crippen LogP contribution in [-0.2, 0) is 22.5 Å². The molecule has 4 nitrogen and oxygen atoms in total. The minimum absolute atomic E-state index is 0.131. The van der Waals surface area contributed by atoms with Crippen LogP contribution in [0.25, 0.3) is 0 Å². The van der Waals surface area contributed by atoms with Gasteiger partial charge in [-0.05, 0) is 68.2 Å². The summed E-state index contributed by atoms with van der Waals surface area (Å²) in [5, 5.41) is 0. The molecule has 1 saturated heterocycles. The lowest BCUT2D eigenvalue weighted by molar-refractivity contribution is -0.131. The van der Waals surface area contributed by atoms with Gasteiger partial charge < -0.3 is 14.5 Å². The highest BCUT2D eigenvalue weighted by molar-refractivity contribution is 5.73. The van der Waals surface area contributed by atoms with Gasteiger partial charge in [-0.3, -0.25) is 4.79 Å². The first-order chi connectivity index (χ1) is 14.7. The molecule has 0 radical (unpaired) electrons. The Bertz CT molecular complexity index is 845. The van der Waals surface area contributed by atoms with Crippen LogP contribution in [0.5, 0.6) is 0 Å². The molecule has 2 aromatic rings. The first kappa shape index (κ1) is 23.3. The molecule has 0 aliphatic carbocycles. The summed E-state index contributed by atoms with van der Waals surface area (Å²) in [6.45, 7) is 8.30. The van der Waals surface area contributed by atoms with Crippen molar-refractivity contribution in [2.45, 2.75) is 58.6 Å². The van der Waals surface area contributed by atoms with Crippen molar-refractivity contribution in [3.63, 3.8) is 0 Å². The molecule has 1 aliphatic rings. The number of amides is 1. The molecule has 31 heavy (non-hydrogen) atoms. The molecule has 0 aromatic heterocycles. The Labute approximate surface area is 188 Å². The van der Waals surface area contributed by atoms with Crippen molar-refractivity contribution in [2.24, 2.45) is 5.41 Å².